The quantitative estimate of drug-likeness (QED) is 0.391. The number of hydrogen-bond donors (Lipinski definition) is 2. The van der Waals surface area contributed by atoms with E-state index in [4.69, 9.17) is 23.2 Å². The van der Waals surface area contributed by atoms with Gasteiger partial charge in [-0.3, -0.25) is 9.59 Å². The lowest BCUT2D eigenvalue weighted by Gasteiger charge is -2.05. The Balaban J connectivity index is 1.57. The molecule has 0 saturated carbocycles. The Hall–Kier alpha value is -2.96. The molecule has 27 heavy (non-hydrogen) atoms. The smallest absolute Gasteiger partial charge is 0.259 e. The number of para-hydroxylation sites is 1. The van der Waals surface area contributed by atoms with Gasteiger partial charge in [0.1, 0.15) is 5.15 Å². The number of amides is 2. The fourth-order valence-corrected chi connectivity index (χ4v) is 2.73. The van der Waals surface area contributed by atoms with Crippen molar-refractivity contribution in [2.24, 2.45) is 5.10 Å². The molecule has 0 bridgehead atoms. The van der Waals surface area contributed by atoms with E-state index in [1.165, 1.54) is 6.21 Å². The molecule has 0 aliphatic heterocycles. The third-order valence-electron chi connectivity index (χ3n) is 3.63. The number of pyridine rings is 1. The van der Waals surface area contributed by atoms with Gasteiger partial charge >= 0.3 is 0 Å². The third-order valence-corrected chi connectivity index (χ3v) is 4.26. The normalized spacial score (nSPS) is 10.9. The summed E-state index contributed by atoms with van der Waals surface area (Å²) < 4.78 is 0. The minimum absolute atomic E-state index is 0.245. The minimum Gasteiger partial charge on any atom is -0.343 e. The van der Waals surface area contributed by atoms with E-state index in [2.05, 4.69) is 20.8 Å². The lowest BCUT2D eigenvalue weighted by atomic mass is 10.2. The van der Waals surface area contributed by atoms with Crippen LogP contribution < -0.4 is 10.7 Å². The number of nitrogens with zero attached hydrogens (tertiary/aromatic N) is 2. The zero-order chi connectivity index (χ0) is 19.2. The average Bonchev–Trinajstić information content (AvgIpc) is 2.67. The summed E-state index contributed by atoms with van der Waals surface area (Å²) in [6, 6.07) is 15.9. The van der Waals surface area contributed by atoms with Gasteiger partial charge in [-0.2, -0.15) is 5.10 Å². The van der Waals surface area contributed by atoms with Crippen molar-refractivity contribution in [2.75, 3.05) is 6.54 Å². The Morgan fingerprint density at radius 1 is 1.07 bits per heavy atom. The van der Waals surface area contributed by atoms with Crippen molar-refractivity contribution in [3.63, 3.8) is 0 Å². The van der Waals surface area contributed by atoms with Crippen LogP contribution in [0.2, 0.25) is 10.2 Å². The maximum atomic E-state index is 12.0. The molecule has 6 nitrogen and oxygen atoms in total. The lowest BCUT2D eigenvalue weighted by Crippen LogP contribution is -2.35. The van der Waals surface area contributed by atoms with Crippen LogP contribution in [0.3, 0.4) is 0 Å². The molecule has 2 N–H and O–H groups in total. The van der Waals surface area contributed by atoms with Crippen molar-refractivity contribution in [3.05, 3.63) is 75.9 Å². The second-order valence-electron chi connectivity index (χ2n) is 5.52. The van der Waals surface area contributed by atoms with Crippen LogP contribution in [0.4, 0.5) is 0 Å². The molecular weight excluding hydrogens is 387 g/mol. The minimum atomic E-state index is -0.489. The van der Waals surface area contributed by atoms with Gasteiger partial charge in [0, 0.05) is 10.9 Å². The highest BCUT2D eigenvalue weighted by molar-refractivity contribution is 6.34. The highest BCUT2D eigenvalue weighted by Crippen LogP contribution is 2.19. The molecule has 2 amide bonds. The summed E-state index contributed by atoms with van der Waals surface area (Å²) in [7, 11) is 0. The molecule has 2 aromatic carbocycles. The van der Waals surface area contributed by atoms with Crippen molar-refractivity contribution in [3.8, 4) is 0 Å². The second-order valence-corrected chi connectivity index (χ2v) is 6.28. The fraction of sp³-hybridized carbons (Fsp3) is 0.0526. The summed E-state index contributed by atoms with van der Waals surface area (Å²) in [5.74, 6) is -0.932. The zero-order valence-corrected chi connectivity index (χ0v) is 15.5. The topological polar surface area (TPSA) is 83.5 Å². The van der Waals surface area contributed by atoms with Crippen molar-refractivity contribution < 1.29 is 9.59 Å². The molecule has 8 heteroatoms. The van der Waals surface area contributed by atoms with E-state index in [0.717, 1.165) is 10.9 Å². The zero-order valence-electron chi connectivity index (χ0n) is 13.9. The Kier molecular flexibility index (Phi) is 6.01. The van der Waals surface area contributed by atoms with Crippen LogP contribution in [0.15, 0.2) is 59.7 Å². The van der Waals surface area contributed by atoms with Gasteiger partial charge in [0.05, 0.1) is 28.9 Å². The molecule has 136 valence electrons. The maximum Gasteiger partial charge on any atom is 0.259 e. The highest BCUT2D eigenvalue weighted by Gasteiger charge is 2.10. The summed E-state index contributed by atoms with van der Waals surface area (Å²) in [5, 5.41) is 7.82. The number of nitrogens with one attached hydrogen (secondary N) is 2. The average molecular weight is 401 g/mol. The van der Waals surface area contributed by atoms with E-state index >= 15 is 0 Å². The monoisotopic (exact) mass is 400 g/mol. The predicted octanol–water partition coefficient (Wildman–Crippen LogP) is 3.42. The Bertz CT molecular complexity index is 1040. The first-order chi connectivity index (χ1) is 13.0. The highest BCUT2D eigenvalue weighted by atomic mass is 35.5. The van der Waals surface area contributed by atoms with E-state index < -0.39 is 11.8 Å². The number of hydrogen-bond acceptors (Lipinski definition) is 4. The number of carbonyl (C=O) groups excluding carboxylic acids is 2. The molecule has 1 heterocycles. The molecule has 0 aliphatic rings. The lowest BCUT2D eigenvalue weighted by molar-refractivity contribution is -0.120. The van der Waals surface area contributed by atoms with E-state index in [9.17, 15) is 9.59 Å². The fourth-order valence-electron chi connectivity index (χ4n) is 2.31. The molecule has 1 aromatic heterocycles. The van der Waals surface area contributed by atoms with Gasteiger partial charge in [0.25, 0.3) is 11.8 Å². The molecule has 3 aromatic rings. The molecule has 0 spiro atoms. The summed E-state index contributed by atoms with van der Waals surface area (Å²) >= 11 is 12.1. The van der Waals surface area contributed by atoms with Crippen molar-refractivity contribution in [1.82, 2.24) is 15.7 Å². The van der Waals surface area contributed by atoms with Crippen LogP contribution in [-0.2, 0) is 4.79 Å². The molecule has 0 unspecified atom stereocenters. The Morgan fingerprint density at radius 3 is 2.63 bits per heavy atom. The largest absolute Gasteiger partial charge is 0.343 e. The van der Waals surface area contributed by atoms with Crippen LogP contribution in [0.1, 0.15) is 15.9 Å². The van der Waals surface area contributed by atoms with Crippen molar-refractivity contribution in [2.45, 2.75) is 0 Å². The number of carbonyl (C=O) groups is 2. The van der Waals surface area contributed by atoms with Gasteiger partial charge < -0.3 is 5.32 Å². The Morgan fingerprint density at radius 2 is 1.81 bits per heavy atom. The molecule has 0 aliphatic carbocycles. The first-order valence-corrected chi connectivity index (χ1v) is 8.70. The number of rotatable bonds is 5. The number of fused-ring (bicyclic) bond motifs is 1. The first kappa shape index (κ1) is 18.8. The summed E-state index contributed by atoms with van der Waals surface area (Å²) in [5.41, 5.74) is 3.96. The van der Waals surface area contributed by atoms with E-state index in [1.807, 2.05) is 30.3 Å². The SMILES string of the molecule is O=C(CNC(=O)c1ccccc1Cl)N/N=C\c1cc2ccccc2nc1Cl. The van der Waals surface area contributed by atoms with E-state index in [1.54, 1.807) is 24.3 Å². The van der Waals surface area contributed by atoms with Crippen LogP contribution in [0.25, 0.3) is 10.9 Å². The van der Waals surface area contributed by atoms with Gasteiger partial charge in [-0.05, 0) is 24.3 Å². The van der Waals surface area contributed by atoms with Crippen LogP contribution in [-0.4, -0.2) is 29.6 Å². The number of hydrazone groups is 1. The summed E-state index contributed by atoms with van der Waals surface area (Å²) in [4.78, 5) is 28.1. The molecule has 0 saturated heterocycles. The summed E-state index contributed by atoms with van der Waals surface area (Å²) in [6.07, 6.45) is 1.40. The second kappa shape index (κ2) is 8.62. The number of aromatic nitrogens is 1. The predicted molar refractivity (Wildman–Crippen MR) is 106 cm³/mol. The van der Waals surface area contributed by atoms with Gasteiger partial charge in [-0.1, -0.05) is 53.5 Å². The Labute approximate surface area is 165 Å². The standard InChI is InChI=1S/C19H14Cl2N4O2/c20-15-7-3-2-6-14(15)19(27)22-11-17(26)25-23-10-13-9-12-5-1-4-8-16(12)24-18(13)21/h1-10H,11H2,(H,22,27)(H,25,26)/b23-10-. The van der Waals surface area contributed by atoms with E-state index in [0.29, 0.717) is 16.1 Å². The molecule has 3 rings (SSSR count). The third kappa shape index (κ3) is 4.81. The molecule has 0 fully saturated rings. The molecular formula is C19H14Cl2N4O2. The number of benzene rings is 2. The van der Waals surface area contributed by atoms with Crippen LogP contribution in [0.5, 0.6) is 0 Å². The molecule has 0 atom stereocenters. The van der Waals surface area contributed by atoms with Gasteiger partial charge in [-0.15, -0.1) is 0 Å². The van der Waals surface area contributed by atoms with Crippen molar-refractivity contribution in [1.29, 1.82) is 0 Å². The summed E-state index contributed by atoms with van der Waals surface area (Å²) in [6.45, 7) is -0.245. The van der Waals surface area contributed by atoms with Gasteiger partial charge in [-0.25, -0.2) is 10.4 Å². The maximum absolute atomic E-state index is 12.0. The van der Waals surface area contributed by atoms with Crippen molar-refractivity contribution >= 4 is 52.1 Å². The van der Waals surface area contributed by atoms with Crippen LogP contribution >= 0.6 is 23.2 Å². The van der Waals surface area contributed by atoms with Gasteiger partial charge in [0.2, 0.25) is 0 Å². The van der Waals surface area contributed by atoms with Gasteiger partial charge in [0.15, 0.2) is 0 Å². The van der Waals surface area contributed by atoms with E-state index in [-0.39, 0.29) is 11.7 Å². The first-order valence-electron chi connectivity index (χ1n) is 7.94. The number of halogens is 2. The molecule has 0 radical (unpaired) electrons. The van der Waals surface area contributed by atoms with Crippen LogP contribution in [0, 0.1) is 0 Å².